The van der Waals surface area contributed by atoms with E-state index < -0.39 is 0 Å². The lowest BCUT2D eigenvalue weighted by Crippen LogP contribution is -2.19. The molecular formula is C14H13N3O. The fourth-order valence-electron chi connectivity index (χ4n) is 1.71. The van der Waals surface area contributed by atoms with Gasteiger partial charge in [-0.1, -0.05) is 18.2 Å². The molecule has 0 bridgehead atoms. The minimum atomic E-state index is -0.142. The molecule has 0 aliphatic rings. The molecule has 0 spiro atoms. The summed E-state index contributed by atoms with van der Waals surface area (Å²) < 4.78 is 1.62. The lowest BCUT2D eigenvalue weighted by atomic mass is 10.2. The molecule has 1 aromatic heterocycles. The van der Waals surface area contributed by atoms with E-state index in [4.69, 9.17) is 5.26 Å². The van der Waals surface area contributed by atoms with Crippen LogP contribution < -0.4 is 5.32 Å². The van der Waals surface area contributed by atoms with Crippen LogP contribution in [0.25, 0.3) is 0 Å². The summed E-state index contributed by atoms with van der Waals surface area (Å²) in [5, 5.41) is 11.7. The van der Waals surface area contributed by atoms with E-state index >= 15 is 0 Å². The number of benzene rings is 1. The average Bonchev–Trinajstić information content (AvgIpc) is 2.79. The highest BCUT2D eigenvalue weighted by Gasteiger charge is 2.07. The van der Waals surface area contributed by atoms with Crippen LogP contribution in [-0.4, -0.2) is 10.5 Å². The van der Waals surface area contributed by atoms with Crippen molar-refractivity contribution in [3.05, 3.63) is 53.9 Å². The number of amides is 1. The minimum absolute atomic E-state index is 0.142. The van der Waals surface area contributed by atoms with Gasteiger partial charge in [-0.25, -0.2) is 0 Å². The van der Waals surface area contributed by atoms with E-state index in [2.05, 4.69) is 5.32 Å². The SMILES string of the molecule is Cc1ccccc1NC(=O)Cn1cccc1C#N. The third kappa shape index (κ3) is 2.58. The number of nitrogens with zero attached hydrogens (tertiary/aromatic N) is 2. The summed E-state index contributed by atoms with van der Waals surface area (Å²) in [6.45, 7) is 2.08. The fraction of sp³-hybridized carbons (Fsp3) is 0.143. The van der Waals surface area contributed by atoms with Crippen molar-refractivity contribution in [2.45, 2.75) is 13.5 Å². The van der Waals surface area contributed by atoms with Crippen LogP contribution in [0.15, 0.2) is 42.6 Å². The molecule has 0 aliphatic carbocycles. The number of rotatable bonds is 3. The number of carbonyl (C=O) groups is 1. The number of nitriles is 1. The van der Waals surface area contributed by atoms with Crippen molar-refractivity contribution in [3.63, 3.8) is 0 Å². The summed E-state index contributed by atoms with van der Waals surface area (Å²) in [4.78, 5) is 11.9. The molecule has 0 radical (unpaired) electrons. The predicted molar refractivity (Wildman–Crippen MR) is 69.0 cm³/mol. The Hall–Kier alpha value is -2.54. The Morgan fingerprint density at radius 2 is 2.11 bits per heavy atom. The Kier molecular flexibility index (Phi) is 3.44. The molecule has 0 saturated heterocycles. The van der Waals surface area contributed by atoms with Gasteiger partial charge in [0, 0.05) is 11.9 Å². The molecule has 0 saturated carbocycles. The van der Waals surface area contributed by atoms with Gasteiger partial charge in [-0.3, -0.25) is 4.79 Å². The highest BCUT2D eigenvalue weighted by Crippen LogP contribution is 2.13. The summed E-state index contributed by atoms with van der Waals surface area (Å²) in [6, 6.07) is 13.1. The van der Waals surface area contributed by atoms with Gasteiger partial charge in [-0.2, -0.15) is 5.26 Å². The van der Waals surface area contributed by atoms with Gasteiger partial charge in [0.1, 0.15) is 18.3 Å². The second kappa shape index (κ2) is 5.19. The first-order valence-electron chi connectivity index (χ1n) is 5.61. The van der Waals surface area contributed by atoms with Gasteiger partial charge in [0.25, 0.3) is 0 Å². The Balaban J connectivity index is 2.06. The van der Waals surface area contributed by atoms with Crippen LogP contribution in [-0.2, 0) is 11.3 Å². The van der Waals surface area contributed by atoms with Crippen LogP contribution in [0.5, 0.6) is 0 Å². The Bertz CT molecular complexity index is 601. The van der Waals surface area contributed by atoms with Crippen LogP contribution in [0, 0.1) is 18.3 Å². The smallest absolute Gasteiger partial charge is 0.244 e. The zero-order valence-electron chi connectivity index (χ0n) is 10.1. The normalized spacial score (nSPS) is 9.78. The van der Waals surface area contributed by atoms with Crippen molar-refractivity contribution in [1.82, 2.24) is 4.57 Å². The van der Waals surface area contributed by atoms with Crippen molar-refractivity contribution in [2.75, 3.05) is 5.32 Å². The molecule has 0 unspecified atom stereocenters. The second-order valence-electron chi connectivity index (χ2n) is 4.00. The number of para-hydroxylation sites is 1. The number of carbonyl (C=O) groups excluding carboxylic acids is 1. The second-order valence-corrected chi connectivity index (χ2v) is 4.00. The third-order valence-electron chi connectivity index (χ3n) is 2.68. The summed E-state index contributed by atoms with van der Waals surface area (Å²) in [6.07, 6.45) is 1.72. The molecule has 1 aromatic carbocycles. The Morgan fingerprint density at radius 3 is 2.83 bits per heavy atom. The molecule has 18 heavy (non-hydrogen) atoms. The van der Waals surface area contributed by atoms with Crippen molar-refractivity contribution >= 4 is 11.6 Å². The number of aromatic nitrogens is 1. The standard InChI is InChI=1S/C14H13N3O/c1-11-5-2-3-7-13(11)16-14(18)10-17-8-4-6-12(17)9-15/h2-8H,10H2,1H3,(H,16,18). The minimum Gasteiger partial charge on any atom is -0.330 e. The van der Waals surface area contributed by atoms with Gasteiger partial charge >= 0.3 is 0 Å². The first-order chi connectivity index (χ1) is 8.70. The molecule has 0 atom stereocenters. The molecule has 2 rings (SSSR count). The quantitative estimate of drug-likeness (QED) is 0.893. The third-order valence-corrected chi connectivity index (χ3v) is 2.68. The predicted octanol–water partition coefficient (Wildman–Crippen LogP) is 2.31. The van der Waals surface area contributed by atoms with Crippen molar-refractivity contribution < 1.29 is 4.79 Å². The van der Waals surface area contributed by atoms with Gasteiger partial charge < -0.3 is 9.88 Å². The van der Waals surface area contributed by atoms with E-state index in [1.807, 2.05) is 37.3 Å². The van der Waals surface area contributed by atoms with E-state index in [0.29, 0.717) is 5.69 Å². The average molecular weight is 239 g/mol. The van der Waals surface area contributed by atoms with Crippen molar-refractivity contribution in [2.24, 2.45) is 0 Å². The highest BCUT2D eigenvalue weighted by atomic mass is 16.1. The molecule has 90 valence electrons. The van der Waals surface area contributed by atoms with E-state index in [-0.39, 0.29) is 12.5 Å². The maximum atomic E-state index is 11.9. The van der Waals surface area contributed by atoms with Crippen LogP contribution in [0.1, 0.15) is 11.3 Å². The van der Waals surface area contributed by atoms with Gasteiger partial charge in [0.2, 0.25) is 5.91 Å². The molecule has 1 N–H and O–H groups in total. The number of aryl methyl sites for hydroxylation is 1. The van der Waals surface area contributed by atoms with Gasteiger partial charge in [0.15, 0.2) is 0 Å². The number of hydrogen-bond donors (Lipinski definition) is 1. The van der Waals surface area contributed by atoms with E-state index in [1.165, 1.54) is 0 Å². The molecule has 1 amide bonds. The molecule has 4 heteroatoms. The maximum Gasteiger partial charge on any atom is 0.244 e. The van der Waals surface area contributed by atoms with Gasteiger partial charge in [-0.15, -0.1) is 0 Å². The number of hydrogen-bond acceptors (Lipinski definition) is 2. The molecule has 2 aromatic rings. The van der Waals surface area contributed by atoms with E-state index in [9.17, 15) is 4.79 Å². The lowest BCUT2D eigenvalue weighted by Gasteiger charge is -2.09. The molecule has 0 fully saturated rings. The van der Waals surface area contributed by atoms with Crippen LogP contribution in [0.4, 0.5) is 5.69 Å². The highest BCUT2D eigenvalue weighted by molar-refractivity contribution is 5.91. The molecule has 1 heterocycles. The Labute approximate surface area is 105 Å². The van der Waals surface area contributed by atoms with Gasteiger partial charge in [-0.05, 0) is 30.7 Å². The zero-order chi connectivity index (χ0) is 13.0. The van der Waals surface area contributed by atoms with Crippen LogP contribution >= 0.6 is 0 Å². The summed E-state index contributed by atoms with van der Waals surface area (Å²) in [5.41, 5.74) is 2.29. The summed E-state index contributed by atoms with van der Waals surface area (Å²) in [5.74, 6) is -0.142. The van der Waals surface area contributed by atoms with Crippen LogP contribution in [0.3, 0.4) is 0 Å². The van der Waals surface area contributed by atoms with Crippen LogP contribution in [0.2, 0.25) is 0 Å². The topological polar surface area (TPSA) is 57.8 Å². The maximum absolute atomic E-state index is 11.9. The van der Waals surface area contributed by atoms with Crippen molar-refractivity contribution in [1.29, 1.82) is 5.26 Å². The zero-order valence-corrected chi connectivity index (χ0v) is 10.1. The first kappa shape index (κ1) is 11.9. The number of nitrogens with one attached hydrogen (secondary N) is 1. The van der Waals surface area contributed by atoms with E-state index in [1.54, 1.807) is 22.9 Å². The summed E-state index contributed by atoms with van der Waals surface area (Å²) in [7, 11) is 0. The molecular weight excluding hydrogens is 226 g/mol. The monoisotopic (exact) mass is 239 g/mol. The molecule has 0 aliphatic heterocycles. The first-order valence-corrected chi connectivity index (χ1v) is 5.61. The van der Waals surface area contributed by atoms with E-state index in [0.717, 1.165) is 11.3 Å². The summed E-state index contributed by atoms with van der Waals surface area (Å²) >= 11 is 0. The largest absolute Gasteiger partial charge is 0.330 e. The fourth-order valence-corrected chi connectivity index (χ4v) is 1.71. The molecule has 4 nitrogen and oxygen atoms in total. The number of anilines is 1. The van der Waals surface area contributed by atoms with Crippen molar-refractivity contribution in [3.8, 4) is 6.07 Å². The van der Waals surface area contributed by atoms with Gasteiger partial charge in [0.05, 0.1) is 0 Å². The Morgan fingerprint density at radius 1 is 1.33 bits per heavy atom. The lowest BCUT2D eigenvalue weighted by molar-refractivity contribution is -0.116.